The Morgan fingerprint density at radius 2 is 1.80 bits per heavy atom. The van der Waals surface area contributed by atoms with Crippen molar-refractivity contribution in [1.82, 2.24) is 4.98 Å². The molecule has 0 fully saturated rings. The van der Waals surface area contributed by atoms with Gasteiger partial charge in [-0.1, -0.05) is 17.7 Å². The van der Waals surface area contributed by atoms with E-state index in [1.54, 1.807) is 54.7 Å². The van der Waals surface area contributed by atoms with Gasteiger partial charge in [-0.15, -0.1) is 0 Å². The number of aromatic nitrogens is 1. The number of carbonyl (C=O) groups is 1. The molecule has 1 amide bonds. The Kier molecular flexibility index (Phi) is 4.93. The molecule has 1 aromatic heterocycles. The molecule has 0 saturated heterocycles. The third kappa shape index (κ3) is 4.34. The van der Waals surface area contributed by atoms with Crippen LogP contribution >= 0.6 is 11.6 Å². The molecule has 0 spiro atoms. The Morgan fingerprint density at radius 1 is 1.00 bits per heavy atom. The molecule has 0 aliphatic carbocycles. The van der Waals surface area contributed by atoms with Crippen LogP contribution in [0.2, 0.25) is 5.02 Å². The third-order valence-electron chi connectivity index (χ3n) is 3.38. The maximum absolute atomic E-state index is 12.3. The summed E-state index contributed by atoms with van der Waals surface area (Å²) in [5, 5.41) is 15.5. The smallest absolute Gasteiger partial charge is 0.257 e. The van der Waals surface area contributed by atoms with E-state index in [9.17, 15) is 4.79 Å². The monoisotopic (exact) mass is 348 g/mol. The van der Waals surface area contributed by atoms with Crippen molar-refractivity contribution >= 4 is 34.6 Å². The van der Waals surface area contributed by atoms with Crippen LogP contribution in [0.4, 0.5) is 17.1 Å². The lowest BCUT2D eigenvalue weighted by atomic mass is 10.2. The number of nitriles is 1. The number of rotatable bonds is 4. The molecule has 0 saturated carbocycles. The van der Waals surface area contributed by atoms with Crippen molar-refractivity contribution in [3.05, 3.63) is 83.1 Å². The molecule has 0 atom stereocenters. The molecule has 25 heavy (non-hydrogen) atoms. The number of anilines is 3. The second-order valence-electron chi connectivity index (χ2n) is 5.24. The predicted molar refractivity (Wildman–Crippen MR) is 98.1 cm³/mol. The summed E-state index contributed by atoms with van der Waals surface area (Å²) in [5.41, 5.74) is 3.01. The van der Waals surface area contributed by atoms with Crippen LogP contribution in [-0.2, 0) is 0 Å². The fourth-order valence-electron chi connectivity index (χ4n) is 2.20. The number of benzene rings is 2. The lowest BCUT2D eigenvalue weighted by Crippen LogP contribution is -2.12. The Hall–Kier alpha value is -3.36. The molecule has 3 rings (SSSR count). The molecule has 0 aliphatic rings. The Bertz CT molecular complexity index is 948. The zero-order valence-electron chi connectivity index (χ0n) is 13.0. The first-order valence-corrected chi connectivity index (χ1v) is 7.81. The molecular weight excluding hydrogens is 336 g/mol. The summed E-state index contributed by atoms with van der Waals surface area (Å²) in [6.07, 6.45) is 3.10. The van der Waals surface area contributed by atoms with E-state index >= 15 is 0 Å². The summed E-state index contributed by atoms with van der Waals surface area (Å²) in [6.45, 7) is 0. The number of hydrogen-bond donors (Lipinski definition) is 2. The summed E-state index contributed by atoms with van der Waals surface area (Å²) in [5.74, 6) is -0.274. The lowest BCUT2D eigenvalue weighted by Gasteiger charge is -2.09. The average molecular weight is 349 g/mol. The van der Waals surface area contributed by atoms with Gasteiger partial charge in [-0.25, -0.2) is 0 Å². The number of pyridine rings is 1. The van der Waals surface area contributed by atoms with Crippen LogP contribution in [-0.4, -0.2) is 10.9 Å². The van der Waals surface area contributed by atoms with Gasteiger partial charge in [0, 0.05) is 22.6 Å². The lowest BCUT2D eigenvalue weighted by molar-refractivity contribution is 0.102. The highest BCUT2D eigenvalue weighted by molar-refractivity contribution is 6.30. The predicted octanol–water partition coefficient (Wildman–Crippen LogP) is 4.60. The van der Waals surface area contributed by atoms with E-state index in [1.165, 1.54) is 6.20 Å². The zero-order valence-corrected chi connectivity index (χ0v) is 13.8. The number of halogens is 1. The fraction of sp³-hybridized carbons (Fsp3) is 0. The molecule has 0 bridgehead atoms. The first kappa shape index (κ1) is 16.5. The van der Waals surface area contributed by atoms with E-state index in [-0.39, 0.29) is 5.91 Å². The van der Waals surface area contributed by atoms with Gasteiger partial charge in [0.2, 0.25) is 0 Å². The third-order valence-corrected chi connectivity index (χ3v) is 3.63. The number of nitrogens with zero attached hydrogens (tertiary/aromatic N) is 2. The van der Waals surface area contributed by atoms with Gasteiger partial charge in [0.15, 0.2) is 0 Å². The largest absolute Gasteiger partial charge is 0.354 e. The van der Waals surface area contributed by atoms with Crippen LogP contribution < -0.4 is 10.6 Å². The Balaban J connectivity index is 1.75. The molecule has 5 nitrogen and oxygen atoms in total. The van der Waals surface area contributed by atoms with E-state index < -0.39 is 0 Å². The maximum Gasteiger partial charge on any atom is 0.257 e. The topological polar surface area (TPSA) is 77.8 Å². The van der Waals surface area contributed by atoms with Crippen molar-refractivity contribution < 1.29 is 4.79 Å². The van der Waals surface area contributed by atoms with Crippen LogP contribution in [0.3, 0.4) is 0 Å². The number of carbonyl (C=O) groups excluding carboxylic acids is 1. The summed E-state index contributed by atoms with van der Waals surface area (Å²) < 4.78 is 0. The van der Waals surface area contributed by atoms with Gasteiger partial charge >= 0.3 is 0 Å². The van der Waals surface area contributed by atoms with Gasteiger partial charge < -0.3 is 10.6 Å². The van der Waals surface area contributed by atoms with E-state index in [2.05, 4.69) is 21.7 Å². The standard InChI is InChI=1S/C19H13ClN4O/c20-15-4-6-16(7-5-15)24-19(25)14-9-18(12-22-11-14)23-17-3-1-2-13(8-17)10-21/h1-9,11-12,23H,(H,24,25). The summed E-state index contributed by atoms with van der Waals surface area (Å²) >= 11 is 5.83. The van der Waals surface area contributed by atoms with Crippen molar-refractivity contribution in [2.45, 2.75) is 0 Å². The van der Waals surface area contributed by atoms with Gasteiger partial charge in [-0.2, -0.15) is 5.26 Å². The van der Waals surface area contributed by atoms with Crippen LogP contribution in [0.25, 0.3) is 0 Å². The maximum atomic E-state index is 12.3. The summed E-state index contributed by atoms with van der Waals surface area (Å²) in [6, 6.07) is 17.7. The summed E-state index contributed by atoms with van der Waals surface area (Å²) in [4.78, 5) is 16.4. The van der Waals surface area contributed by atoms with Crippen molar-refractivity contribution in [1.29, 1.82) is 5.26 Å². The highest BCUT2D eigenvalue weighted by Crippen LogP contribution is 2.19. The molecule has 6 heteroatoms. The molecule has 2 aromatic carbocycles. The van der Waals surface area contributed by atoms with Crippen molar-refractivity contribution in [3.8, 4) is 6.07 Å². The van der Waals surface area contributed by atoms with Gasteiger partial charge in [0.25, 0.3) is 5.91 Å². The second-order valence-corrected chi connectivity index (χ2v) is 5.68. The van der Waals surface area contributed by atoms with E-state index in [0.717, 1.165) is 5.69 Å². The highest BCUT2D eigenvalue weighted by Gasteiger charge is 2.08. The number of hydrogen-bond acceptors (Lipinski definition) is 4. The Labute approximate surface area is 149 Å². The van der Waals surface area contributed by atoms with Gasteiger partial charge in [0.1, 0.15) is 0 Å². The van der Waals surface area contributed by atoms with E-state index in [0.29, 0.717) is 27.5 Å². The SMILES string of the molecule is N#Cc1cccc(Nc2cncc(C(=O)Nc3ccc(Cl)cc3)c2)c1. The van der Waals surface area contributed by atoms with Gasteiger partial charge in [-0.05, 0) is 48.5 Å². The minimum atomic E-state index is -0.274. The highest BCUT2D eigenvalue weighted by atomic mass is 35.5. The van der Waals surface area contributed by atoms with Gasteiger partial charge in [-0.3, -0.25) is 9.78 Å². The molecule has 0 unspecified atom stereocenters. The minimum absolute atomic E-state index is 0.274. The van der Waals surface area contributed by atoms with Crippen LogP contribution in [0.1, 0.15) is 15.9 Å². The van der Waals surface area contributed by atoms with E-state index in [4.69, 9.17) is 16.9 Å². The molecule has 3 aromatic rings. The Morgan fingerprint density at radius 3 is 2.56 bits per heavy atom. The van der Waals surface area contributed by atoms with E-state index in [1.807, 2.05) is 6.07 Å². The first-order chi connectivity index (χ1) is 12.1. The van der Waals surface area contributed by atoms with Crippen molar-refractivity contribution in [2.24, 2.45) is 0 Å². The summed E-state index contributed by atoms with van der Waals surface area (Å²) in [7, 11) is 0. The molecule has 0 aliphatic heterocycles. The van der Waals surface area contributed by atoms with Crippen LogP contribution in [0, 0.1) is 11.3 Å². The van der Waals surface area contributed by atoms with Crippen molar-refractivity contribution in [2.75, 3.05) is 10.6 Å². The molecular formula is C19H13ClN4O. The quantitative estimate of drug-likeness (QED) is 0.722. The number of amides is 1. The number of nitrogens with one attached hydrogen (secondary N) is 2. The first-order valence-electron chi connectivity index (χ1n) is 7.43. The van der Waals surface area contributed by atoms with Crippen molar-refractivity contribution in [3.63, 3.8) is 0 Å². The zero-order chi connectivity index (χ0) is 17.6. The molecule has 1 heterocycles. The normalized spacial score (nSPS) is 9.92. The molecule has 0 radical (unpaired) electrons. The minimum Gasteiger partial charge on any atom is -0.354 e. The molecule has 122 valence electrons. The van der Waals surface area contributed by atoms with Gasteiger partial charge in [0.05, 0.1) is 29.1 Å². The average Bonchev–Trinajstić information content (AvgIpc) is 2.64. The van der Waals surface area contributed by atoms with Crippen LogP contribution in [0.5, 0.6) is 0 Å². The fourth-order valence-corrected chi connectivity index (χ4v) is 2.33. The molecule has 2 N–H and O–H groups in total. The second kappa shape index (κ2) is 7.47. The van der Waals surface area contributed by atoms with Crippen LogP contribution in [0.15, 0.2) is 67.0 Å².